The van der Waals surface area contributed by atoms with Crippen molar-refractivity contribution in [3.8, 4) is 0 Å². The summed E-state index contributed by atoms with van der Waals surface area (Å²) in [5.41, 5.74) is 0. The molecule has 6 nitrogen and oxygen atoms in total. The number of thioether (sulfide) groups is 1. The van der Waals surface area contributed by atoms with Gasteiger partial charge in [0.05, 0.1) is 5.75 Å². The van der Waals surface area contributed by atoms with E-state index in [2.05, 4.69) is 29.5 Å². The lowest BCUT2D eigenvalue weighted by Crippen LogP contribution is -2.45. The third-order valence-corrected chi connectivity index (χ3v) is 6.05. The fourth-order valence-corrected chi connectivity index (χ4v) is 4.27. The number of halogens is 1. The highest BCUT2D eigenvalue weighted by molar-refractivity contribution is 14.0. The first-order chi connectivity index (χ1) is 9.49. The third-order valence-electron chi connectivity index (χ3n) is 3.24. The minimum atomic E-state index is -3.15. The van der Waals surface area contributed by atoms with Gasteiger partial charge in [-0.25, -0.2) is 12.7 Å². The zero-order chi connectivity index (χ0) is 15.0. The molecule has 1 aliphatic rings. The summed E-state index contributed by atoms with van der Waals surface area (Å²) in [4.78, 5) is 4.09. The van der Waals surface area contributed by atoms with Crippen LogP contribution in [0.2, 0.25) is 0 Å². The van der Waals surface area contributed by atoms with Crippen LogP contribution in [-0.4, -0.2) is 68.7 Å². The van der Waals surface area contributed by atoms with Crippen LogP contribution in [0.3, 0.4) is 0 Å². The lowest BCUT2D eigenvalue weighted by molar-refractivity contribution is 0.443. The molecule has 0 aromatic heterocycles. The van der Waals surface area contributed by atoms with Crippen LogP contribution in [0.5, 0.6) is 0 Å². The first-order valence-corrected chi connectivity index (χ1v) is 9.78. The second-order valence-corrected chi connectivity index (χ2v) is 8.09. The number of nitrogens with one attached hydrogen (secondary N) is 2. The van der Waals surface area contributed by atoms with Gasteiger partial charge < -0.3 is 10.6 Å². The van der Waals surface area contributed by atoms with Gasteiger partial charge in [-0.1, -0.05) is 6.92 Å². The molecule has 1 heterocycles. The van der Waals surface area contributed by atoms with Crippen LogP contribution in [0.25, 0.3) is 0 Å². The Labute approximate surface area is 150 Å². The number of hydrogen-bond donors (Lipinski definition) is 2. The molecule has 1 atom stereocenters. The SMILES string of the molecule is CCC(C)NC(=NC)NCCS(=O)(=O)N1CCSCC1.I. The lowest BCUT2D eigenvalue weighted by Gasteiger charge is -2.25. The molecule has 21 heavy (non-hydrogen) atoms. The van der Waals surface area contributed by atoms with E-state index in [1.54, 1.807) is 23.1 Å². The average Bonchev–Trinajstić information content (AvgIpc) is 2.46. The van der Waals surface area contributed by atoms with Gasteiger partial charge in [0.2, 0.25) is 10.0 Å². The summed E-state index contributed by atoms with van der Waals surface area (Å²) in [5.74, 6) is 2.55. The van der Waals surface area contributed by atoms with Crippen LogP contribution in [0.15, 0.2) is 4.99 Å². The number of aliphatic imine (C=N–C) groups is 1. The van der Waals surface area contributed by atoms with Gasteiger partial charge in [-0.05, 0) is 13.3 Å². The van der Waals surface area contributed by atoms with Crippen molar-refractivity contribution < 1.29 is 8.42 Å². The van der Waals surface area contributed by atoms with E-state index < -0.39 is 10.0 Å². The van der Waals surface area contributed by atoms with Gasteiger partial charge in [0.25, 0.3) is 0 Å². The Morgan fingerprint density at radius 3 is 2.52 bits per heavy atom. The molecule has 9 heteroatoms. The predicted molar refractivity (Wildman–Crippen MR) is 102 cm³/mol. The minimum absolute atomic E-state index is 0. The first kappa shape index (κ1) is 21.3. The molecule has 126 valence electrons. The smallest absolute Gasteiger partial charge is 0.215 e. The molecule has 0 saturated carbocycles. The van der Waals surface area contributed by atoms with Gasteiger partial charge >= 0.3 is 0 Å². The van der Waals surface area contributed by atoms with Crippen molar-refractivity contribution in [2.45, 2.75) is 26.3 Å². The summed E-state index contributed by atoms with van der Waals surface area (Å²) in [5, 5.41) is 6.27. The standard InChI is InChI=1S/C12H26N4O2S2.HI/c1-4-11(2)15-12(13-3)14-5-10-20(17,18)16-6-8-19-9-7-16;/h11H,4-10H2,1-3H3,(H2,13,14,15);1H. The van der Waals surface area contributed by atoms with E-state index in [1.165, 1.54) is 0 Å². The lowest BCUT2D eigenvalue weighted by atomic mass is 10.3. The second kappa shape index (κ2) is 10.9. The van der Waals surface area contributed by atoms with E-state index in [1.807, 2.05) is 0 Å². The molecule has 0 aromatic rings. The molecule has 1 fully saturated rings. The molecule has 1 unspecified atom stereocenters. The largest absolute Gasteiger partial charge is 0.355 e. The van der Waals surface area contributed by atoms with Crippen molar-refractivity contribution in [3.63, 3.8) is 0 Å². The maximum Gasteiger partial charge on any atom is 0.215 e. The van der Waals surface area contributed by atoms with E-state index in [0.717, 1.165) is 17.9 Å². The molecule has 1 rings (SSSR count). The highest BCUT2D eigenvalue weighted by atomic mass is 127. The molecule has 1 aliphatic heterocycles. The fourth-order valence-electron chi connectivity index (χ4n) is 1.78. The number of rotatable bonds is 6. The van der Waals surface area contributed by atoms with Crippen LogP contribution in [0.1, 0.15) is 20.3 Å². The number of guanidine groups is 1. The Hall–Kier alpha value is 0.260. The molecule has 0 spiro atoms. The Bertz CT molecular complexity index is 411. The normalized spacial score (nSPS) is 18.7. The van der Waals surface area contributed by atoms with Crippen LogP contribution in [-0.2, 0) is 10.0 Å². The summed E-state index contributed by atoms with van der Waals surface area (Å²) in [6, 6.07) is 0.317. The zero-order valence-corrected chi connectivity index (χ0v) is 16.9. The van der Waals surface area contributed by atoms with E-state index >= 15 is 0 Å². The Kier molecular flexibility index (Phi) is 11.0. The fraction of sp³-hybridized carbons (Fsp3) is 0.917. The van der Waals surface area contributed by atoms with Crippen LogP contribution in [0.4, 0.5) is 0 Å². The van der Waals surface area contributed by atoms with E-state index in [9.17, 15) is 8.42 Å². The predicted octanol–water partition coefficient (Wildman–Crippen LogP) is 0.947. The maximum absolute atomic E-state index is 12.2. The maximum atomic E-state index is 12.2. The Morgan fingerprint density at radius 1 is 1.38 bits per heavy atom. The number of hydrogen-bond acceptors (Lipinski definition) is 4. The monoisotopic (exact) mass is 450 g/mol. The molecule has 0 amide bonds. The molecular weight excluding hydrogens is 423 g/mol. The van der Waals surface area contributed by atoms with E-state index in [4.69, 9.17) is 0 Å². The average molecular weight is 450 g/mol. The van der Waals surface area contributed by atoms with Crippen LogP contribution in [0, 0.1) is 0 Å². The third kappa shape index (κ3) is 7.89. The molecule has 2 N–H and O–H groups in total. The summed E-state index contributed by atoms with van der Waals surface area (Å²) >= 11 is 1.81. The topological polar surface area (TPSA) is 73.8 Å². The van der Waals surface area contributed by atoms with E-state index in [-0.39, 0.29) is 29.7 Å². The van der Waals surface area contributed by atoms with Gasteiger partial charge in [0.15, 0.2) is 5.96 Å². The first-order valence-electron chi connectivity index (χ1n) is 7.02. The number of sulfonamides is 1. The summed E-state index contributed by atoms with van der Waals surface area (Å²) in [7, 11) is -1.46. The van der Waals surface area contributed by atoms with Crippen molar-refractivity contribution in [1.82, 2.24) is 14.9 Å². The Balaban J connectivity index is 0.00000400. The van der Waals surface area contributed by atoms with Crippen molar-refractivity contribution in [1.29, 1.82) is 0 Å². The van der Waals surface area contributed by atoms with Crippen molar-refractivity contribution in [2.24, 2.45) is 4.99 Å². The molecule has 0 bridgehead atoms. The zero-order valence-electron chi connectivity index (χ0n) is 13.0. The highest BCUT2D eigenvalue weighted by Gasteiger charge is 2.23. The highest BCUT2D eigenvalue weighted by Crippen LogP contribution is 2.12. The summed E-state index contributed by atoms with van der Waals surface area (Å²) < 4.78 is 25.9. The van der Waals surface area contributed by atoms with Gasteiger partial charge in [-0.15, -0.1) is 24.0 Å². The van der Waals surface area contributed by atoms with Crippen molar-refractivity contribution >= 4 is 51.7 Å². The van der Waals surface area contributed by atoms with Gasteiger partial charge in [-0.3, -0.25) is 4.99 Å². The van der Waals surface area contributed by atoms with E-state index in [0.29, 0.717) is 31.6 Å². The van der Waals surface area contributed by atoms with Gasteiger partial charge in [-0.2, -0.15) is 11.8 Å². The molecular formula is C12H27IN4O2S2. The van der Waals surface area contributed by atoms with Gasteiger partial charge in [0, 0.05) is 44.2 Å². The van der Waals surface area contributed by atoms with Gasteiger partial charge in [0.1, 0.15) is 0 Å². The van der Waals surface area contributed by atoms with Crippen LogP contribution >= 0.6 is 35.7 Å². The summed E-state index contributed by atoms with van der Waals surface area (Å²) in [6.07, 6.45) is 0.991. The quantitative estimate of drug-likeness (QED) is 0.358. The minimum Gasteiger partial charge on any atom is -0.355 e. The molecule has 1 saturated heterocycles. The second-order valence-electron chi connectivity index (χ2n) is 4.78. The number of nitrogens with zero attached hydrogens (tertiary/aromatic N) is 2. The molecule has 0 radical (unpaired) electrons. The Morgan fingerprint density at radius 2 is 2.00 bits per heavy atom. The van der Waals surface area contributed by atoms with Crippen molar-refractivity contribution in [2.75, 3.05) is 43.9 Å². The summed E-state index contributed by atoms with van der Waals surface area (Å²) in [6.45, 7) is 5.79. The van der Waals surface area contributed by atoms with Crippen molar-refractivity contribution in [3.05, 3.63) is 0 Å². The molecule has 0 aromatic carbocycles. The molecule has 0 aliphatic carbocycles. The van der Waals surface area contributed by atoms with Crippen LogP contribution < -0.4 is 10.6 Å².